The molecule has 1 aliphatic heterocycles. The average Bonchev–Trinajstić information content (AvgIpc) is 3.21. The van der Waals surface area contributed by atoms with Gasteiger partial charge in [-0.25, -0.2) is 4.98 Å². The molecule has 4 rings (SSSR count). The maximum Gasteiger partial charge on any atom is 0.228 e. The van der Waals surface area contributed by atoms with E-state index >= 15 is 0 Å². The summed E-state index contributed by atoms with van der Waals surface area (Å²) in [6.45, 7) is 0.909. The van der Waals surface area contributed by atoms with Gasteiger partial charge in [0.2, 0.25) is 5.91 Å². The summed E-state index contributed by atoms with van der Waals surface area (Å²) in [5.41, 5.74) is 1.84. The molecule has 6 heteroatoms. The minimum Gasteiger partial charge on any atom is -0.493 e. The Hall–Kier alpha value is -2.08. The standard InChI is InChI=1S/C22H28N2O3S/c1-26-19-10-9-16(12-20(19)27-2)22-23-17(14-28-22)13-21(25)24-11-5-7-15-6-3-4-8-18(15)24/h9-10,12,14-15,18H,3-8,11,13H2,1-2H3. The van der Waals surface area contributed by atoms with Crippen molar-refractivity contribution in [3.8, 4) is 22.1 Å². The number of piperidine rings is 1. The van der Waals surface area contributed by atoms with Crippen LogP contribution in [0.2, 0.25) is 0 Å². The van der Waals surface area contributed by atoms with E-state index in [9.17, 15) is 4.79 Å². The molecule has 0 bridgehead atoms. The van der Waals surface area contributed by atoms with Crippen LogP contribution in [0.5, 0.6) is 11.5 Å². The number of ether oxygens (including phenoxy) is 2. The van der Waals surface area contributed by atoms with Crippen molar-refractivity contribution in [2.45, 2.75) is 51.0 Å². The molecule has 28 heavy (non-hydrogen) atoms. The van der Waals surface area contributed by atoms with E-state index in [0.717, 1.165) is 29.2 Å². The van der Waals surface area contributed by atoms with Crippen LogP contribution in [0.3, 0.4) is 0 Å². The molecule has 1 saturated carbocycles. The third-order valence-electron chi connectivity index (χ3n) is 6.08. The van der Waals surface area contributed by atoms with Gasteiger partial charge in [0.25, 0.3) is 0 Å². The third kappa shape index (κ3) is 3.88. The number of benzene rings is 1. The minimum absolute atomic E-state index is 0.237. The van der Waals surface area contributed by atoms with Gasteiger partial charge in [-0.2, -0.15) is 0 Å². The Balaban J connectivity index is 1.46. The molecular formula is C22H28N2O3S. The highest BCUT2D eigenvalue weighted by Gasteiger charge is 2.35. The summed E-state index contributed by atoms with van der Waals surface area (Å²) in [6.07, 6.45) is 7.86. The average molecular weight is 401 g/mol. The van der Waals surface area contributed by atoms with E-state index in [1.807, 2.05) is 23.6 Å². The number of likely N-dealkylation sites (tertiary alicyclic amines) is 1. The number of carbonyl (C=O) groups is 1. The van der Waals surface area contributed by atoms with Gasteiger partial charge in [0.1, 0.15) is 5.01 Å². The fourth-order valence-corrected chi connectivity index (χ4v) is 5.50. The highest BCUT2D eigenvalue weighted by molar-refractivity contribution is 7.13. The monoisotopic (exact) mass is 400 g/mol. The third-order valence-corrected chi connectivity index (χ3v) is 7.02. The summed E-state index contributed by atoms with van der Waals surface area (Å²) < 4.78 is 10.7. The molecule has 1 amide bonds. The van der Waals surface area contributed by atoms with Gasteiger partial charge in [-0.1, -0.05) is 12.8 Å². The second-order valence-electron chi connectivity index (χ2n) is 7.73. The van der Waals surface area contributed by atoms with Gasteiger partial charge in [-0.3, -0.25) is 4.79 Å². The molecule has 2 aliphatic rings. The second kappa shape index (κ2) is 8.52. The second-order valence-corrected chi connectivity index (χ2v) is 8.59. The Bertz CT molecular complexity index is 833. The van der Waals surface area contributed by atoms with E-state index in [1.54, 1.807) is 25.6 Å². The number of fused-ring (bicyclic) bond motifs is 1. The van der Waals surface area contributed by atoms with Crippen molar-refractivity contribution in [1.29, 1.82) is 0 Å². The predicted octanol–water partition coefficient (Wildman–Crippen LogP) is 4.55. The van der Waals surface area contributed by atoms with Crippen LogP contribution in [0.4, 0.5) is 0 Å². The van der Waals surface area contributed by atoms with Crippen molar-refractivity contribution >= 4 is 17.2 Å². The van der Waals surface area contributed by atoms with E-state index < -0.39 is 0 Å². The molecule has 1 aromatic heterocycles. The molecule has 1 aliphatic carbocycles. The largest absolute Gasteiger partial charge is 0.493 e. The molecule has 2 heterocycles. The highest BCUT2D eigenvalue weighted by Crippen LogP contribution is 2.36. The summed E-state index contributed by atoms with van der Waals surface area (Å²) in [7, 11) is 3.26. The molecule has 0 N–H and O–H groups in total. The van der Waals surface area contributed by atoms with Gasteiger partial charge in [-0.05, 0) is 49.8 Å². The first-order chi connectivity index (χ1) is 13.7. The summed E-state index contributed by atoms with van der Waals surface area (Å²) in [6, 6.07) is 6.25. The molecule has 2 fully saturated rings. The zero-order valence-corrected chi connectivity index (χ0v) is 17.5. The number of carbonyl (C=O) groups excluding carboxylic acids is 1. The van der Waals surface area contributed by atoms with Crippen molar-refractivity contribution < 1.29 is 14.3 Å². The Morgan fingerprint density at radius 1 is 1.14 bits per heavy atom. The zero-order chi connectivity index (χ0) is 19.5. The van der Waals surface area contributed by atoms with Crippen LogP contribution >= 0.6 is 11.3 Å². The van der Waals surface area contributed by atoms with Crippen LogP contribution in [-0.4, -0.2) is 42.6 Å². The lowest BCUT2D eigenvalue weighted by molar-refractivity contribution is -0.136. The van der Waals surface area contributed by atoms with E-state index in [1.165, 1.54) is 32.1 Å². The first-order valence-electron chi connectivity index (χ1n) is 10.2. The maximum absolute atomic E-state index is 13.0. The fraction of sp³-hybridized carbons (Fsp3) is 0.545. The molecule has 0 spiro atoms. The quantitative estimate of drug-likeness (QED) is 0.739. The van der Waals surface area contributed by atoms with Crippen molar-refractivity contribution in [2.75, 3.05) is 20.8 Å². The summed E-state index contributed by atoms with van der Waals surface area (Å²) in [5, 5.41) is 2.91. The summed E-state index contributed by atoms with van der Waals surface area (Å²) in [5.74, 6) is 2.33. The Kier molecular flexibility index (Phi) is 5.85. The Morgan fingerprint density at radius 3 is 2.75 bits per heavy atom. The van der Waals surface area contributed by atoms with Gasteiger partial charge in [-0.15, -0.1) is 11.3 Å². The Labute approximate surface area is 170 Å². The number of hydrogen-bond donors (Lipinski definition) is 0. The first kappa shape index (κ1) is 19.2. The molecule has 150 valence electrons. The van der Waals surface area contributed by atoms with Crippen LogP contribution in [0, 0.1) is 5.92 Å². The van der Waals surface area contributed by atoms with Crippen molar-refractivity contribution in [2.24, 2.45) is 5.92 Å². The SMILES string of the molecule is COc1ccc(-c2nc(CC(=O)N3CCCC4CCCCC43)cs2)cc1OC. The number of nitrogens with zero attached hydrogens (tertiary/aromatic N) is 2. The van der Waals surface area contributed by atoms with E-state index in [2.05, 4.69) is 4.90 Å². The number of methoxy groups -OCH3 is 2. The Morgan fingerprint density at radius 2 is 1.93 bits per heavy atom. The highest BCUT2D eigenvalue weighted by atomic mass is 32.1. The number of amides is 1. The number of thiazole rings is 1. The van der Waals surface area contributed by atoms with Gasteiger partial charge >= 0.3 is 0 Å². The normalized spacial score (nSPS) is 21.9. The fourth-order valence-electron chi connectivity index (χ4n) is 4.68. The lowest BCUT2D eigenvalue weighted by Crippen LogP contribution is -2.50. The van der Waals surface area contributed by atoms with Gasteiger partial charge in [0, 0.05) is 23.5 Å². The van der Waals surface area contributed by atoms with Crippen LogP contribution in [0.1, 0.15) is 44.2 Å². The first-order valence-corrected chi connectivity index (χ1v) is 11.0. The van der Waals surface area contributed by atoms with Crippen LogP contribution in [0.15, 0.2) is 23.6 Å². The van der Waals surface area contributed by atoms with Crippen LogP contribution in [-0.2, 0) is 11.2 Å². The van der Waals surface area contributed by atoms with Crippen molar-refractivity contribution in [3.05, 3.63) is 29.3 Å². The molecule has 2 unspecified atom stereocenters. The van der Waals surface area contributed by atoms with Crippen molar-refractivity contribution in [3.63, 3.8) is 0 Å². The van der Waals surface area contributed by atoms with Gasteiger partial charge < -0.3 is 14.4 Å². The molecule has 2 atom stereocenters. The van der Waals surface area contributed by atoms with E-state index in [0.29, 0.717) is 29.9 Å². The predicted molar refractivity (Wildman–Crippen MR) is 111 cm³/mol. The number of rotatable bonds is 5. The van der Waals surface area contributed by atoms with Crippen LogP contribution in [0.25, 0.3) is 10.6 Å². The lowest BCUT2D eigenvalue weighted by Gasteiger charge is -2.44. The summed E-state index contributed by atoms with van der Waals surface area (Å²) in [4.78, 5) is 19.9. The molecule has 1 aromatic carbocycles. The lowest BCUT2D eigenvalue weighted by atomic mass is 9.78. The maximum atomic E-state index is 13.0. The minimum atomic E-state index is 0.237. The number of aromatic nitrogens is 1. The summed E-state index contributed by atoms with van der Waals surface area (Å²) >= 11 is 1.57. The topological polar surface area (TPSA) is 51.7 Å². The van der Waals surface area contributed by atoms with Gasteiger partial charge in [0.15, 0.2) is 11.5 Å². The van der Waals surface area contributed by atoms with E-state index in [4.69, 9.17) is 14.5 Å². The molecule has 5 nitrogen and oxygen atoms in total. The van der Waals surface area contributed by atoms with E-state index in [-0.39, 0.29) is 5.91 Å². The molecular weight excluding hydrogens is 372 g/mol. The molecule has 0 radical (unpaired) electrons. The molecule has 1 saturated heterocycles. The number of hydrogen-bond acceptors (Lipinski definition) is 5. The van der Waals surface area contributed by atoms with Crippen molar-refractivity contribution in [1.82, 2.24) is 9.88 Å². The van der Waals surface area contributed by atoms with Gasteiger partial charge in [0.05, 0.1) is 26.3 Å². The smallest absolute Gasteiger partial charge is 0.228 e. The van der Waals surface area contributed by atoms with Crippen LogP contribution < -0.4 is 9.47 Å². The molecule has 2 aromatic rings. The zero-order valence-electron chi connectivity index (χ0n) is 16.6.